The second-order valence-corrected chi connectivity index (χ2v) is 11.8. The number of carbonyl (C=O) groups excluding carboxylic acids is 2. The molecule has 0 spiro atoms. The third-order valence-corrected chi connectivity index (χ3v) is 8.71. The molecule has 1 aromatic heterocycles. The fourth-order valence-electron chi connectivity index (χ4n) is 4.65. The van der Waals surface area contributed by atoms with Crippen LogP contribution in [0.4, 0.5) is 15.8 Å². The fraction of sp³-hybridized carbons (Fsp3) is 0.286. The largest absolute Gasteiger partial charge is 0.358 e. The van der Waals surface area contributed by atoms with Gasteiger partial charge in [-0.2, -0.15) is 0 Å². The van der Waals surface area contributed by atoms with E-state index < -0.39 is 43.5 Å². The number of amides is 2. The van der Waals surface area contributed by atoms with Crippen LogP contribution in [0.1, 0.15) is 45.4 Å². The number of rotatable bonds is 10. The molecule has 0 radical (unpaired) electrons. The topological polar surface area (TPSA) is 155 Å². The lowest BCUT2D eigenvalue weighted by atomic mass is 10.0. The molecule has 0 fully saturated rings. The van der Waals surface area contributed by atoms with Gasteiger partial charge in [0.2, 0.25) is 0 Å². The molecular formula is C28H30FN5O6S. The second-order valence-electron chi connectivity index (χ2n) is 9.79. The quantitative estimate of drug-likeness (QED) is 0.186. The molecule has 0 bridgehead atoms. The first kappa shape index (κ1) is 29.6. The van der Waals surface area contributed by atoms with Gasteiger partial charge in [0.1, 0.15) is 5.82 Å². The van der Waals surface area contributed by atoms with Crippen molar-refractivity contribution in [3.63, 3.8) is 0 Å². The Kier molecular flexibility index (Phi) is 8.40. The van der Waals surface area contributed by atoms with Crippen molar-refractivity contribution in [2.75, 3.05) is 32.0 Å². The minimum Gasteiger partial charge on any atom is -0.358 e. The van der Waals surface area contributed by atoms with Gasteiger partial charge in [-0.15, -0.1) is 0 Å². The van der Waals surface area contributed by atoms with Crippen molar-refractivity contribution in [3.05, 3.63) is 86.0 Å². The van der Waals surface area contributed by atoms with Crippen molar-refractivity contribution in [1.82, 2.24) is 15.2 Å². The van der Waals surface area contributed by atoms with Crippen LogP contribution in [-0.2, 0) is 20.4 Å². The number of aromatic amines is 1. The molecular weight excluding hydrogens is 553 g/mol. The number of aryl methyl sites for hydroxylation is 1. The molecule has 41 heavy (non-hydrogen) atoms. The predicted molar refractivity (Wildman–Crippen MR) is 153 cm³/mol. The summed E-state index contributed by atoms with van der Waals surface area (Å²) in [6.45, 7) is 7.52. The van der Waals surface area contributed by atoms with Crippen molar-refractivity contribution >= 4 is 44.7 Å². The molecule has 1 aliphatic rings. The summed E-state index contributed by atoms with van der Waals surface area (Å²) in [5.41, 5.74) is 1.83. The van der Waals surface area contributed by atoms with Gasteiger partial charge < -0.3 is 20.5 Å². The van der Waals surface area contributed by atoms with Gasteiger partial charge in [-0.1, -0.05) is 13.0 Å². The van der Waals surface area contributed by atoms with E-state index in [1.54, 1.807) is 19.9 Å². The minimum atomic E-state index is -4.24. The van der Waals surface area contributed by atoms with Crippen LogP contribution in [0.2, 0.25) is 0 Å². The number of likely N-dealkylation sites (N-methyl/N-ethyl adjacent to an activating group) is 1. The number of halogens is 1. The Hall–Kier alpha value is -4.36. The molecule has 0 saturated carbocycles. The number of nitro groups is 1. The number of anilines is 1. The molecule has 2 amide bonds. The van der Waals surface area contributed by atoms with Gasteiger partial charge >= 0.3 is 0 Å². The van der Waals surface area contributed by atoms with E-state index in [4.69, 9.17) is 0 Å². The van der Waals surface area contributed by atoms with Crippen LogP contribution < -0.4 is 10.6 Å². The van der Waals surface area contributed by atoms with Gasteiger partial charge in [-0.05, 0) is 63.3 Å². The van der Waals surface area contributed by atoms with Crippen LogP contribution in [0.5, 0.6) is 0 Å². The Morgan fingerprint density at radius 1 is 1.22 bits per heavy atom. The van der Waals surface area contributed by atoms with Crippen molar-refractivity contribution < 1.29 is 27.3 Å². The zero-order chi connectivity index (χ0) is 30.1. The molecule has 1 aliphatic heterocycles. The Morgan fingerprint density at radius 3 is 2.63 bits per heavy atom. The molecule has 3 aromatic rings. The fourth-order valence-corrected chi connectivity index (χ4v) is 6.05. The third-order valence-electron chi connectivity index (χ3n) is 7.07. The number of carbonyl (C=O) groups is 2. The number of nitrogens with one attached hydrogen (secondary N) is 3. The van der Waals surface area contributed by atoms with E-state index in [0.29, 0.717) is 46.9 Å². The van der Waals surface area contributed by atoms with Crippen LogP contribution in [0, 0.1) is 29.8 Å². The standard InChI is InChI=1S/C28H30FN5O6S/c1-5-33(4)12-11-30-28(36)26-16(2)24(31-17(26)3)14-20-19-13-18(9-10-23(19)32-27(20)35)41(39,40)15-21-22(29)7-6-8-25(21)34(37)38/h6-10,13-14,31H,5,11-12,15H2,1-4H3,(H,30,36)(H,32,35). The summed E-state index contributed by atoms with van der Waals surface area (Å²) in [6.07, 6.45) is 1.54. The highest BCUT2D eigenvalue weighted by Crippen LogP contribution is 2.36. The van der Waals surface area contributed by atoms with Crippen molar-refractivity contribution in [3.8, 4) is 0 Å². The zero-order valence-corrected chi connectivity index (χ0v) is 23.8. The molecule has 3 N–H and O–H groups in total. The number of H-pyrrole nitrogens is 1. The normalized spacial score (nSPS) is 13.9. The van der Waals surface area contributed by atoms with Gasteiger partial charge in [0.15, 0.2) is 9.84 Å². The first-order valence-corrected chi connectivity index (χ1v) is 14.5. The summed E-state index contributed by atoms with van der Waals surface area (Å²) in [5.74, 6) is -2.66. The van der Waals surface area contributed by atoms with Crippen molar-refractivity contribution in [2.24, 2.45) is 0 Å². The molecule has 4 rings (SSSR count). The summed E-state index contributed by atoms with van der Waals surface area (Å²) < 4.78 is 40.9. The maximum atomic E-state index is 14.4. The maximum absolute atomic E-state index is 14.4. The lowest BCUT2D eigenvalue weighted by Crippen LogP contribution is -2.33. The van der Waals surface area contributed by atoms with Crippen LogP contribution >= 0.6 is 0 Å². The number of fused-ring (bicyclic) bond motifs is 1. The highest BCUT2D eigenvalue weighted by atomic mass is 32.2. The van der Waals surface area contributed by atoms with Gasteiger partial charge in [0.05, 0.1) is 32.3 Å². The first-order chi connectivity index (χ1) is 19.3. The number of nitrogens with zero attached hydrogens (tertiary/aromatic N) is 2. The highest BCUT2D eigenvalue weighted by Gasteiger charge is 2.30. The number of benzene rings is 2. The van der Waals surface area contributed by atoms with E-state index in [9.17, 15) is 32.5 Å². The van der Waals surface area contributed by atoms with Crippen LogP contribution in [0.15, 0.2) is 41.3 Å². The highest BCUT2D eigenvalue weighted by molar-refractivity contribution is 7.90. The maximum Gasteiger partial charge on any atom is 0.276 e. The molecule has 216 valence electrons. The summed E-state index contributed by atoms with van der Waals surface area (Å²) in [6, 6.07) is 7.09. The monoisotopic (exact) mass is 583 g/mol. The summed E-state index contributed by atoms with van der Waals surface area (Å²) in [5, 5.41) is 16.9. The number of hydrogen-bond donors (Lipinski definition) is 3. The molecule has 2 heterocycles. The Morgan fingerprint density at radius 2 is 1.95 bits per heavy atom. The van der Waals surface area contributed by atoms with Gasteiger partial charge in [0.25, 0.3) is 17.5 Å². The van der Waals surface area contributed by atoms with E-state index >= 15 is 0 Å². The molecule has 13 heteroatoms. The predicted octanol–water partition coefficient (Wildman–Crippen LogP) is 3.83. The van der Waals surface area contributed by atoms with Crippen LogP contribution in [-0.4, -0.2) is 61.7 Å². The first-order valence-electron chi connectivity index (χ1n) is 12.8. The number of aromatic nitrogens is 1. The SMILES string of the molecule is CCN(C)CCNC(=O)c1c(C)[nH]c(C=C2C(=O)Nc3ccc(S(=O)(=O)Cc4c(F)cccc4[N+](=O)[O-])cc32)c1C. The van der Waals surface area contributed by atoms with Crippen LogP contribution in [0.25, 0.3) is 11.6 Å². The molecule has 0 unspecified atom stereocenters. The average molecular weight is 584 g/mol. The van der Waals surface area contributed by atoms with Gasteiger partial charge in [-0.3, -0.25) is 19.7 Å². The van der Waals surface area contributed by atoms with E-state index in [1.807, 2.05) is 14.0 Å². The van der Waals surface area contributed by atoms with E-state index in [0.717, 1.165) is 24.7 Å². The van der Waals surface area contributed by atoms with Crippen molar-refractivity contribution in [1.29, 1.82) is 0 Å². The number of hydrogen-bond acceptors (Lipinski definition) is 7. The molecule has 0 atom stereocenters. The van der Waals surface area contributed by atoms with Gasteiger partial charge in [0, 0.05) is 41.8 Å². The molecule has 2 aromatic carbocycles. The zero-order valence-electron chi connectivity index (χ0n) is 23.0. The van der Waals surface area contributed by atoms with E-state index in [1.165, 1.54) is 18.2 Å². The van der Waals surface area contributed by atoms with E-state index in [2.05, 4.69) is 20.5 Å². The second kappa shape index (κ2) is 11.6. The molecule has 0 aliphatic carbocycles. The Bertz CT molecular complexity index is 1700. The summed E-state index contributed by atoms with van der Waals surface area (Å²) in [7, 11) is -2.29. The average Bonchev–Trinajstić information content (AvgIpc) is 3.38. The third kappa shape index (κ3) is 6.05. The Labute approximate surface area is 236 Å². The molecule has 0 saturated heterocycles. The van der Waals surface area contributed by atoms with Crippen molar-refractivity contribution in [2.45, 2.75) is 31.4 Å². The van der Waals surface area contributed by atoms with Gasteiger partial charge in [-0.25, -0.2) is 12.8 Å². The summed E-state index contributed by atoms with van der Waals surface area (Å²) in [4.78, 5) is 41.2. The Balaban J connectivity index is 1.66. The van der Waals surface area contributed by atoms with Crippen LogP contribution in [0.3, 0.4) is 0 Å². The van der Waals surface area contributed by atoms with E-state index in [-0.39, 0.29) is 16.4 Å². The number of nitro benzene ring substituents is 1. The number of sulfone groups is 1. The minimum absolute atomic E-state index is 0.162. The molecule has 11 nitrogen and oxygen atoms in total. The smallest absolute Gasteiger partial charge is 0.276 e. The lowest BCUT2D eigenvalue weighted by molar-refractivity contribution is -0.385. The summed E-state index contributed by atoms with van der Waals surface area (Å²) >= 11 is 0. The lowest BCUT2D eigenvalue weighted by Gasteiger charge is -2.14.